The molecule has 0 radical (unpaired) electrons. The van der Waals surface area contributed by atoms with Crippen molar-refractivity contribution in [3.8, 4) is 0 Å². The minimum atomic E-state index is 0.237. The van der Waals surface area contributed by atoms with Gasteiger partial charge in [0, 0.05) is 13.6 Å². The van der Waals surface area contributed by atoms with E-state index in [1.165, 1.54) is 0 Å². The number of anilines is 1. The van der Waals surface area contributed by atoms with Crippen LogP contribution in [-0.2, 0) is 11.3 Å². The van der Waals surface area contributed by atoms with Gasteiger partial charge in [0.2, 0.25) is 5.89 Å². The molecule has 0 fully saturated rings. The Hall–Kier alpha value is -1.14. The number of nitrogens with two attached hydrogens (primary N) is 1. The van der Waals surface area contributed by atoms with Crippen molar-refractivity contribution in [1.82, 2.24) is 10.2 Å². The van der Waals surface area contributed by atoms with Crippen LogP contribution in [0, 0.1) is 0 Å². The Kier molecular flexibility index (Phi) is 4.51. The number of hydrogen-bond acceptors (Lipinski definition) is 6. The first kappa shape index (κ1) is 11.9. The van der Waals surface area contributed by atoms with Gasteiger partial charge < -0.3 is 19.8 Å². The molecular weight excluding hydrogens is 196 g/mol. The lowest BCUT2D eigenvalue weighted by atomic mass is 10.5. The minimum absolute atomic E-state index is 0.237. The molecule has 0 aliphatic carbocycles. The molecule has 6 heteroatoms. The van der Waals surface area contributed by atoms with Gasteiger partial charge >= 0.3 is 6.01 Å². The van der Waals surface area contributed by atoms with Crippen molar-refractivity contribution in [2.75, 3.05) is 25.1 Å². The van der Waals surface area contributed by atoms with E-state index >= 15 is 0 Å². The summed E-state index contributed by atoms with van der Waals surface area (Å²) in [5.74, 6) is 0.446. The molecule has 0 amide bonds. The van der Waals surface area contributed by atoms with Crippen LogP contribution in [0.4, 0.5) is 6.01 Å². The summed E-state index contributed by atoms with van der Waals surface area (Å²) < 4.78 is 10.7. The van der Waals surface area contributed by atoms with E-state index in [0.717, 1.165) is 0 Å². The molecule has 0 atom stereocenters. The summed E-state index contributed by atoms with van der Waals surface area (Å²) in [5, 5.41) is 7.63. The first-order valence-electron chi connectivity index (χ1n) is 4.98. The monoisotopic (exact) mass is 214 g/mol. The first-order valence-corrected chi connectivity index (χ1v) is 4.98. The first-order chi connectivity index (χ1) is 7.13. The highest BCUT2D eigenvalue weighted by Crippen LogP contribution is 2.09. The van der Waals surface area contributed by atoms with Gasteiger partial charge in [-0.15, -0.1) is 5.10 Å². The van der Waals surface area contributed by atoms with Gasteiger partial charge in [0.15, 0.2) is 0 Å². The third kappa shape index (κ3) is 3.85. The number of rotatable bonds is 6. The topological polar surface area (TPSA) is 77.4 Å². The van der Waals surface area contributed by atoms with E-state index in [1.54, 1.807) is 0 Å². The van der Waals surface area contributed by atoms with Crippen LogP contribution in [0.5, 0.6) is 0 Å². The summed E-state index contributed by atoms with van der Waals surface area (Å²) in [4.78, 5) is 1.84. The number of ether oxygens (including phenoxy) is 1. The van der Waals surface area contributed by atoms with E-state index in [-0.39, 0.29) is 12.6 Å². The highest BCUT2D eigenvalue weighted by atomic mass is 16.5. The fourth-order valence-electron chi connectivity index (χ4n) is 1.00. The molecule has 0 aliphatic heterocycles. The molecule has 0 aromatic carbocycles. The summed E-state index contributed by atoms with van der Waals surface area (Å²) in [7, 11) is 1.87. The molecule has 15 heavy (non-hydrogen) atoms. The van der Waals surface area contributed by atoms with Gasteiger partial charge in [0.05, 0.1) is 19.3 Å². The van der Waals surface area contributed by atoms with Crippen LogP contribution < -0.4 is 10.6 Å². The molecule has 86 valence electrons. The van der Waals surface area contributed by atoms with Crippen molar-refractivity contribution in [3.05, 3.63) is 5.89 Å². The van der Waals surface area contributed by atoms with E-state index < -0.39 is 0 Å². The second-order valence-corrected chi connectivity index (χ2v) is 3.52. The van der Waals surface area contributed by atoms with Crippen molar-refractivity contribution < 1.29 is 9.15 Å². The highest BCUT2D eigenvalue weighted by Gasteiger charge is 2.09. The van der Waals surface area contributed by atoms with Gasteiger partial charge in [-0.25, -0.2) is 0 Å². The summed E-state index contributed by atoms with van der Waals surface area (Å²) in [5.41, 5.74) is 5.36. The Labute approximate surface area is 89.4 Å². The number of aromatic nitrogens is 2. The van der Waals surface area contributed by atoms with E-state index in [2.05, 4.69) is 10.2 Å². The Bertz CT molecular complexity index is 287. The fourth-order valence-corrected chi connectivity index (χ4v) is 1.00. The van der Waals surface area contributed by atoms with Crippen molar-refractivity contribution >= 4 is 6.01 Å². The maximum Gasteiger partial charge on any atom is 0.318 e. The molecule has 1 aromatic rings. The van der Waals surface area contributed by atoms with Crippen molar-refractivity contribution in [1.29, 1.82) is 0 Å². The summed E-state index contributed by atoms with van der Waals surface area (Å²) in [6, 6.07) is 0.475. The number of likely N-dealkylation sites (N-methyl/N-ethyl adjacent to an activating group) is 1. The molecular formula is C9H18N4O2. The molecule has 0 spiro atoms. The van der Waals surface area contributed by atoms with Crippen LogP contribution in [0.1, 0.15) is 19.7 Å². The standard InChI is InChI=1S/C9H18N4O2/c1-7(2)14-5-4-13(3)9-12-11-8(6-10)15-9/h7H,4-6,10H2,1-3H3. The third-order valence-corrected chi connectivity index (χ3v) is 1.84. The van der Waals surface area contributed by atoms with E-state index in [9.17, 15) is 0 Å². The molecule has 0 aliphatic rings. The van der Waals surface area contributed by atoms with Crippen LogP contribution in [-0.4, -0.2) is 36.5 Å². The van der Waals surface area contributed by atoms with Gasteiger partial charge in [-0.3, -0.25) is 0 Å². The second kappa shape index (κ2) is 5.67. The molecule has 2 N–H and O–H groups in total. The molecule has 0 unspecified atom stereocenters. The molecule has 1 aromatic heterocycles. The number of nitrogens with zero attached hydrogens (tertiary/aromatic N) is 3. The van der Waals surface area contributed by atoms with Gasteiger partial charge in [-0.1, -0.05) is 5.10 Å². The average Bonchev–Trinajstić information content (AvgIpc) is 2.65. The lowest BCUT2D eigenvalue weighted by Gasteiger charge is -2.14. The Morgan fingerprint density at radius 1 is 1.47 bits per heavy atom. The lowest BCUT2D eigenvalue weighted by molar-refractivity contribution is 0.0841. The SMILES string of the molecule is CC(C)OCCN(C)c1nnc(CN)o1. The predicted molar refractivity (Wildman–Crippen MR) is 56.5 cm³/mol. The third-order valence-electron chi connectivity index (χ3n) is 1.84. The summed E-state index contributed by atoms with van der Waals surface area (Å²) in [6.45, 7) is 5.61. The normalized spacial score (nSPS) is 11.0. The fraction of sp³-hybridized carbons (Fsp3) is 0.778. The lowest BCUT2D eigenvalue weighted by Crippen LogP contribution is -2.24. The van der Waals surface area contributed by atoms with Gasteiger partial charge in [0.1, 0.15) is 0 Å². The maximum absolute atomic E-state index is 5.41. The maximum atomic E-state index is 5.41. The van der Waals surface area contributed by atoms with E-state index in [1.807, 2.05) is 25.8 Å². The van der Waals surface area contributed by atoms with Gasteiger partial charge in [0.25, 0.3) is 0 Å². The highest BCUT2D eigenvalue weighted by molar-refractivity contribution is 5.21. The average molecular weight is 214 g/mol. The predicted octanol–water partition coefficient (Wildman–Crippen LogP) is 0.390. The summed E-state index contributed by atoms with van der Waals surface area (Å²) >= 11 is 0. The largest absolute Gasteiger partial charge is 0.407 e. The van der Waals surface area contributed by atoms with Crippen LogP contribution in [0.3, 0.4) is 0 Å². The van der Waals surface area contributed by atoms with Crippen LogP contribution in [0.2, 0.25) is 0 Å². The molecule has 0 bridgehead atoms. The summed E-state index contributed by atoms with van der Waals surface area (Å²) in [6.07, 6.45) is 0.237. The van der Waals surface area contributed by atoms with Crippen molar-refractivity contribution in [3.63, 3.8) is 0 Å². The second-order valence-electron chi connectivity index (χ2n) is 3.52. The molecule has 0 saturated heterocycles. The van der Waals surface area contributed by atoms with E-state index in [0.29, 0.717) is 25.1 Å². The quantitative estimate of drug-likeness (QED) is 0.738. The molecule has 1 rings (SSSR count). The molecule has 1 heterocycles. The van der Waals surface area contributed by atoms with Crippen LogP contribution >= 0.6 is 0 Å². The van der Waals surface area contributed by atoms with Gasteiger partial charge in [-0.05, 0) is 13.8 Å². The Morgan fingerprint density at radius 2 is 2.20 bits per heavy atom. The van der Waals surface area contributed by atoms with Gasteiger partial charge in [-0.2, -0.15) is 0 Å². The zero-order valence-corrected chi connectivity index (χ0v) is 9.43. The molecule has 6 nitrogen and oxygen atoms in total. The Morgan fingerprint density at radius 3 is 2.73 bits per heavy atom. The minimum Gasteiger partial charge on any atom is -0.407 e. The zero-order valence-electron chi connectivity index (χ0n) is 9.43. The zero-order chi connectivity index (χ0) is 11.3. The van der Waals surface area contributed by atoms with Crippen LogP contribution in [0.25, 0.3) is 0 Å². The Balaban J connectivity index is 2.36. The molecule has 0 saturated carbocycles. The van der Waals surface area contributed by atoms with Crippen LogP contribution in [0.15, 0.2) is 4.42 Å². The number of hydrogen-bond donors (Lipinski definition) is 1. The van der Waals surface area contributed by atoms with Crippen molar-refractivity contribution in [2.45, 2.75) is 26.5 Å². The van der Waals surface area contributed by atoms with Crippen molar-refractivity contribution in [2.24, 2.45) is 5.73 Å². The van der Waals surface area contributed by atoms with E-state index in [4.69, 9.17) is 14.9 Å². The smallest absolute Gasteiger partial charge is 0.318 e.